The molecule has 22 heavy (non-hydrogen) atoms. The van der Waals surface area contributed by atoms with Gasteiger partial charge in [0.2, 0.25) is 0 Å². The SMILES string of the molecule is CCC(=NC1CC1)C(C(=O)O)=C(O)c1cc(F)c(F)cc1F. The number of nitrogens with zero attached hydrogens (tertiary/aromatic N) is 1. The minimum Gasteiger partial charge on any atom is -0.506 e. The van der Waals surface area contributed by atoms with E-state index in [9.17, 15) is 28.2 Å². The maximum Gasteiger partial charge on any atom is 0.341 e. The van der Waals surface area contributed by atoms with Crippen LogP contribution >= 0.6 is 0 Å². The van der Waals surface area contributed by atoms with E-state index >= 15 is 0 Å². The molecule has 0 radical (unpaired) electrons. The number of aliphatic imine (C=N–C) groups is 1. The van der Waals surface area contributed by atoms with Crippen LogP contribution in [0.5, 0.6) is 0 Å². The summed E-state index contributed by atoms with van der Waals surface area (Å²) >= 11 is 0. The van der Waals surface area contributed by atoms with Gasteiger partial charge in [0.15, 0.2) is 11.6 Å². The van der Waals surface area contributed by atoms with Gasteiger partial charge in [-0.1, -0.05) is 6.92 Å². The second-order valence-corrected chi connectivity index (χ2v) is 4.94. The molecular weight excluding hydrogens is 299 g/mol. The van der Waals surface area contributed by atoms with Crippen LogP contribution in [0.25, 0.3) is 5.76 Å². The zero-order valence-corrected chi connectivity index (χ0v) is 11.7. The molecule has 2 N–H and O–H groups in total. The molecule has 0 amide bonds. The number of benzene rings is 1. The first-order valence-corrected chi connectivity index (χ1v) is 6.73. The van der Waals surface area contributed by atoms with Crippen molar-refractivity contribution in [2.45, 2.75) is 32.2 Å². The lowest BCUT2D eigenvalue weighted by atomic mass is 10.0. The van der Waals surface area contributed by atoms with Gasteiger partial charge in [0.05, 0.1) is 17.3 Å². The van der Waals surface area contributed by atoms with Crippen LogP contribution in [0.1, 0.15) is 31.7 Å². The lowest BCUT2D eigenvalue weighted by Crippen LogP contribution is -2.16. The summed E-state index contributed by atoms with van der Waals surface area (Å²) in [5, 5.41) is 19.3. The van der Waals surface area contributed by atoms with Gasteiger partial charge in [-0.15, -0.1) is 0 Å². The molecule has 1 fully saturated rings. The number of hydrogen-bond acceptors (Lipinski definition) is 3. The van der Waals surface area contributed by atoms with Crippen molar-refractivity contribution in [2.24, 2.45) is 4.99 Å². The predicted molar refractivity (Wildman–Crippen MR) is 74.2 cm³/mol. The molecule has 0 aliphatic heterocycles. The van der Waals surface area contributed by atoms with Crippen LogP contribution in [-0.4, -0.2) is 27.9 Å². The van der Waals surface area contributed by atoms with Crippen molar-refractivity contribution in [3.63, 3.8) is 0 Å². The summed E-state index contributed by atoms with van der Waals surface area (Å²) in [7, 11) is 0. The largest absolute Gasteiger partial charge is 0.506 e. The summed E-state index contributed by atoms with van der Waals surface area (Å²) in [5.41, 5.74) is -1.22. The molecule has 0 heterocycles. The van der Waals surface area contributed by atoms with Gasteiger partial charge in [0.1, 0.15) is 17.1 Å². The van der Waals surface area contributed by atoms with Crippen LogP contribution in [-0.2, 0) is 4.79 Å². The summed E-state index contributed by atoms with van der Waals surface area (Å²) < 4.78 is 39.9. The van der Waals surface area contributed by atoms with Crippen LogP contribution in [0, 0.1) is 17.5 Å². The van der Waals surface area contributed by atoms with E-state index in [1.54, 1.807) is 6.92 Å². The number of aliphatic hydroxyl groups is 1. The molecule has 0 saturated heterocycles. The molecule has 0 unspecified atom stereocenters. The fourth-order valence-electron chi connectivity index (χ4n) is 1.96. The minimum absolute atomic E-state index is 0.00750. The van der Waals surface area contributed by atoms with Gasteiger partial charge in [-0.3, -0.25) is 4.99 Å². The topological polar surface area (TPSA) is 69.9 Å². The van der Waals surface area contributed by atoms with Crippen molar-refractivity contribution in [2.75, 3.05) is 0 Å². The van der Waals surface area contributed by atoms with E-state index < -0.39 is 40.3 Å². The number of aliphatic carboxylic acids is 1. The second kappa shape index (κ2) is 6.21. The molecule has 1 saturated carbocycles. The molecule has 0 aromatic heterocycles. The van der Waals surface area contributed by atoms with Gasteiger partial charge < -0.3 is 10.2 Å². The molecule has 1 aliphatic carbocycles. The highest BCUT2D eigenvalue weighted by molar-refractivity contribution is 6.23. The number of hydrogen-bond donors (Lipinski definition) is 2. The molecule has 1 aromatic carbocycles. The lowest BCUT2D eigenvalue weighted by Gasteiger charge is -2.10. The van der Waals surface area contributed by atoms with Crippen LogP contribution in [0.15, 0.2) is 22.7 Å². The van der Waals surface area contributed by atoms with Gasteiger partial charge in [0, 0.05) is 6.07 Å². The van der Waals surface area contributed by atoms with Gasteiger partial charge in [-0.05, 0) is 25.3 Å². The highest BCUT2D eigenvalue weighted by Gasteiger charge is 2.27. The molecule has 0 bridgehead atoms. The smallest absolute Gasteiger partial charge is 0.341 e. The number of halogens is 3. The van der Waals surface area contributed by atoms with E-state index in [0.717, 1.165) is 12.8 Å². The summed E-state index contributed by atoms with van der Waals surface area (Å²) in [6, 6.07) is 0.670. The highest BCUT2D eigenvalue weighted by Crippen LogP contribution is 2.28. The third kappa shape index (κ3) is 3.29. The third-order valence-electron chi connectivity index (χ3n) is 3.22. The molecule has 1 aliphatic rings. The summed E-state index contributed by atoms with van der Waals surface area (Å²) in [6.07, 6.45) is 1.83. The zero-order valence-electron chi connectivity index (χ0n) is 11.7. The Morgan fingerprint density at radius 1 is 1.18 bits per heavy atom. The summed E-state index contributed by atoms with van der Waals surface area (Å²) in [5.74, 6) is -6.54. The number of carbonyl (C=O) groups is 1. The Hall–Kier alpha value is -2.31. The van der Waals surface area contributed by atoms with Crippen molar-refractivity contribution in [1.29, 1.82) is 0 Å². The van der Waals surface area contributed by atoms with Gasteiger partial charge >= 0.3 is 5.97 Å². The Kier molecular flexibility index (Phi) is 4.54. The average Bonchev–Trinajstić information content (AvgIpc) is 3.25. The maximum atomic E-state index is 13.7. The first-order chi connectivity index (χ1) is 10.3. The van der Waals surface area contributed by atoms with Crippen molar-refractivity contribution in [3.8, 4) is 0 Å². The van der Waals surface area contributed by atoms with Crippen LogP contribution in [0.3, 0.4) is 0 Å². The monoisotopic (exact) mass is 313 g/mol. The minimum atomic E-state index is -1.51. The Morgan fingerprint density at radius 3 is 2.27 bits per heavy atom. The van der Waals surface area contributed by atoms with Crippen molar-refractivity contribution >= 4 is 17.4 Å². The molecule has 1 aromatic rings. The fraction of sp³-hybridized carbons (Fsp3) is 0.333. The van der Waals surface area contributed by atoms with E-state index in [1.807, 2.05) is 0 Å². The van der Waals surface area contributed by atoms with Crippen LogP contribution in [0.2, 0.25) is 0 Å². The van der Waals surface area contributed by atoms with E-state index in [2.05, 4.69) is 4.99 Å². The average molecular weight is 313 g/mol. The molecule has 0 spiro atoms. The Morgan fingerprint density at radius 2 is 1.77 bits per heavy atom. The van der Waals surface area contributed by atoms with E-state index in [4.69, 9.17) is 0 Å². The quantitative estimate of drug-likeness (QED) is 0.378. The highest BCUT2D eigenvalue weighted by atomic mass is 19.2. The standard InChI is InChI=1S/C15H14F3NO3/c1-2-12(19-7-3-4-7)13(15(21)22)14(20)8-5-10(17)11(18)6-9(8)16/h5-7,20H,2-4H2,1H3,(H,21,22). The van der Waals surface area contributed by atoms with E-state index in [1.165, 1.54) is 0 Å². The number of carboxylic acids is 1. The number of carboxylic acid groups (broad SMARTS) is 1. The molecule has 0 atom stereocenters. The lowest BCUT2D eigenvalue weighted by molar-refractivity contribution is -0.132. The predicted octanol–water partition coefficient (Wildman–Crippen LogP) is 3.47. The third-order valence-corrected chi connectivity index (χ3v) is 3.22. The van der Waals surface area contributed by atoms with E-state index in [-0.39, 0.29) is 24.2 Å². The molecular formula is C15H14F3NO3. The molecule has 7 heteroatoms. The Bertz CT molecular complexity index is 679. The van der Waals surface area contributed by atoms with Gasteiger partial charge in [0.25, 0.3) is 0 Å². The summed E-state index contributed by atoms with van der Waals surface area (Å²) in [6.45, 7) is 1.64. The molecule has 4 nitrogen and oxygen atoms in total. The van der Waals surface area contributed by atoms with E-state index in [0.29, 0.717) is 6.07 Å². The van der Waals surface area contributed by atoms with Gasteiger partial charge in [-0.2, -0.15) is 0 Å². The first kappa shape index (κ1) is 16.1. The zero-order chi connectivity index (χ0) is 16.4. The summed E-state index contributed by atoms with van der Waals surface area (Å²) in [4.78, 5) is 15.6. The van der Waals surface area contributed by atoms with Crippen LogP contribution < -0.4 is 0 Å². The van der Waals surface area contributed by atoms with Crippen molar-refractivity contribution < 1.29 is 28.2 Å². The number of rotatable bonds is 5. The first-order valence-electron chi connectivity index (χ1n) is 6.73. The van der Waals surface area contributed by atoms with Crippen molar-refractivity contribution in [3.05, 3.63) is 40.7 Å². The second-order valence-electron chi connectivity index (χ2n) is 4.94. The van der Waals surface area contributed by atoms with Gasteiger partial charge in [-0.25, -0.2) is 18.0 Å². The Balaban J connectivity index is 2.60. The van der Waals surface area contributed by atoms with Crippen molar-refractivity contribution in [1.82, 2.24) is 0 Å². The molecule has 2 rings (SSSR count). The van der Waals surface area contributed by atoms with Crippen LogP contribution in [0.4, 0.5) is 13.2 Å². The maximum absolute atomic E-state index is 13.7. The Labute approximate surface area is 124 Å². The normalized spacial score (nSPS) is 16.5. The molecule has 118 valence electrons. The fourth-order valence-corrected chi connectivity index (χ4v) is 1.96. The number of aliphatic hydroxyl groups excluding tert-OH is 1.